The quantitative estimate of drug-likeness (QED) is 0.814. The molecule has 1 aliphatic rings. The van der Waals surface area contributed by atoms with E-state index in [4.69, 9.17) is 33.7 Å². The van der Waals surface area contributed by atoms with Crippen molar-refractivity contribution in [2.75, 3.05) is 25.4 Å². The van der Waals surface area contributed by atoms with Crippen molar-refractivity contribution < 1.29 is 14.6 Å². The Morgan fingerprint density at radius 2 is 2.19 bits per heavy atom. The number of carbonyl (C=O) groups is 1. The van der Waals surface area contributed by atoms with Gasteiger partial charge in [-0.25, -0.2) is 0 Å². The fourth-order valence-corrected chi connectivity index (χ4v) is 2.80. The average molecular weight is 333 g/mol. The van der Waals surface area contributed by atoms with Crippen LogP contribution < -0.4 is 5.73 Å². The number of anilines is 1. The highest BCUT2D eigenvalue weighted by atomic mass is 35.5. The summed E-state index contributed by atoms with van der Waals surface area (Å²) in [6.07, 6.45) is -0.405. The van der Waals surface area contributed by atoms with Crippen LogP contribution in [0.5, 0.6) is 0 Å². The molecule has 0 spiro atoms. The lowest BCUT2D eigenvalue weighted by molar-refractivity contribution is -0.139. The minimum Gasteiger partial charge on any atom is -0.397 e. The number of aliphatic hydroxyl groups excluding tert-OH is 1. The normalized spacial score (nSPS) is 21.4. The van der Waals surface area contributed by atoms with E-state index in [1.54, 1.807) is 4.90 Å². The van der Waals surface area contributed by atoms with Crippen molar-refractivity contribution in [3.05, 3.63) is 27.7 Å². The number of nitrogen functional groups attached to an aromatic ring is 1. The Bertz CT molecular complexity index is 540. The molecule has 0 bridgehead atoms. The van der Waals surface area contributed by atoms with Gasteiger partial charge in [-0.05, 0) is 26.0 Å². The Kier molecular flexibility index (Phi) is 4.68. The molecule has 2 rings (SSSR count). The Hall–Kier alpha value is -1.01. The maximum atomic E-state index is 12.6. The maximum Gasteiger partial charge on any atom is 0.254 e. The van der Waals surface area contributed by atoms with Crippen LogP contribution in [-0.2, 0) is 4.74 Å². The first-order valence-corrected chi connectivity index (χ1v) is 7.31. The molecule has 3 N–H and O–H groups in total. The first-order valence-electron chi connectivity index (χ1n) is 6.56. The smallest absolute Gasteiger partial charge is 0.254 e. The molecule has 0 radical (unpaired) electrons. The van der Waals surface area contributed by atoms with Gasteiger partial charge in [0.05, 0.1) is 34.0 Å². The first kappa shape index (κ1) is 16.4. The number of nitrogens with two attached hydrogens (primary N) is 1. The molecule has 1 aromatic carbocycles. The molecule has 0 aliphatic carbocycles. The van der Waals surface area contributed by atoms with Crippen LogP contribution in [0.15, 0.2) is 12.1 Å². The van der Waals surface area contributed by atoms with Gasteiger partial charge in [-0.2, -0.15) is 0 Å². The molecule has 0 aromatic heterocycles. The zero-order valence-electron chi connectivity index (χ0n) is 11.9. The number of halogens is 2. The molecule has 1 atom stereocenters. The van der Waals surface area contributed by atoms with E-state index in [9.17, 15) is 9.90 Å². The molecule has 7 heteroatoms. The highest BCUT2D eigenvalue weighted by Crippen LogP contribution is 2.30. The van der Waals surface area contributed by atoms with Gasteiger partial charge in [0.2, 0.25) is 0 Å². The Balaban J connectivity index is 2.27. The third-order valence-electron chi connectivity index (χ3n) is 3.28. The summed E-state index contributed by atoms with van der Waals surface area (Å²) < 4.78 is 5.69. The zero-order chi connectivity index (χ0) is 15.8. The van der Waals surface area contributed by atoms with Gasteiger partial charge in [-0.1, -0.05) is 23.2 Å². The second-order valence-electron chi connectivity index (χ2n) is 5.73. The fourth-order valence-electron chi connectivity index (χ4n) is 2.46. The summed E-state index contributed by atoms with van der Waals surface area (Å²) in [6, 6.07) is 3.01. The number of morpholine rings is 1. The van der Waals surface area contributed by atoms with Crippen molar-refractivity contribution in [3.8, 4) is 0 Å². The van der Waals surface area contributed by atoms with Gasteiger partial charge < -0.3 is 20.5 Å². The number of hydrogen-bond acceptors (Lipinski definition) is 4. The summed E-state index contributed by atoms with van der Waals surface area (Å²) >= 11 is 11.9. The lowest BCUT2D eigenvalue weighted by atomic mass is 10.0. The summed E-state index contributed by atoms with van der Waals surface area (Å²) in [5, 5.41) is 9.78. The number of benzene rings is 1. The van der Waals surface area contributed by atoms with Gasteiger partial charge in [0.1, 0.15) is 0 Å². The molecule has 21 heavy (non-hydrogen) atoms. The lowest BCUT2D eigenvalue weighted by Gasteiger charge is -2.42. The predicted molar refractivity (Wildman–Crippen MR) is 82.8 cm³/mol. The topological polar surface area (TPSA) is 75.8 Å². The summed E-state index contributed by atoms with van der Waals surface area (Å²) in [6.45, 7) is 4.34. The number of carbonyl (C=O) groups excluding carboxylic acids is 1. The molecular formula is C14H18Cl2N2O3. The van der Waals surface area contributed by atoms with E-state index < -0.39 is 11.7 Å². The number of hydrogen-bond donors (Lipinski definition) is 2. The zero-order valence-corrected chi connectivity index (χ0v) is 13.4. The van der Waals surface area contributed by atoms with Crippen LogP contribution in [0, 0.1) is 0 Å². The maximum absolute atomic E-state index is 12.6. The number of nitrogens with zero attached hydrogens (tertiary/aromatic N) is 1. The van der Waals surface area contributed by atoms with E-state index in [0.29, 0.717) is 18.7 Å². The predicted octanol–water partition coefficient (Wildman–Crippen LogP) is 2.19. The molecule has 1 aromatic rings. The van der Waals surface area contributed by atoms with Gasteiger partial charge in [-0.3, -0.25) is 4.79 Å². The van der Waals surface area contributed by atoms with Crippen molar-refractivity contribution in [3.63, 3.8) is 0 Å². The summed E-state index contributed by atoms with van der Waals surface area (Å²) in [5.41, 5.74) is 5.85. The van der Waals surface area contributed by atoms with Crippen LogP contribution in [0.25, 0.3) is 0 Å². The molecule has 116 valence electrons. The van der Waals surface area contributed by atoms with Crippen LogP contribution in [0.1, 0.15) is 24.2 Å². The number of amides is 1. The third kappa shape index (κ3) is 3.61. The highest BCUT2D eigenvalue weighted by molar-refractivity contribution is 6.43. The van der Waals surface area contributed by atoms with E-state index in [1.165, 1.54) is 12.1 Å². The van der Waals surface area contributed by atoms with Gasteiger partial charge in [0, 0.05) is 18.7 Å². The van der Waals surface area contributed by atoms with Crippen molar-refractivity contribution in [1.82, 2.24) is 4.90 Å². The van der Waals surface area contributed by atoms with Crippen LogP contribution in [0.4, 0.5) is 5.69 Å². The van der Waals surface area contributed by atoms with Gasteiger partial charge in [0.15, 0.2) is 0 Å². The molecule has 1 aliphatic heterocycles. The van der Waals surface area contributed by atoms with Crippen LogP contribution in [0.3, 0.4) is 0 Å². The van der Waals surface area contributed by atoms with Crippen LogP contribution >= 0.6 is 23.2 Å². The number of rotatable bonds is 2. The summed E-state index contributed by atoms with van der Waals surface area (Å²) in [5.74, 6) is -0.213. The van der Waals surface area contributed by atoms with Crippen molar-refractivity contribution in [1.29, 1.82) is 0 Å². The van der Waals surface area contributed by atoms with E-state index in [2.05, 4.69) is 0 Å². The Labute approximate surface area is 133 Å². The van der Waals surface area contributed by atoms with Crippen LogP contribution in [-0.4, -0.2) is 47.3 Å². The third-order valence-corrected chi connectivity index (χ3v) is 4.09. The Morgan fingerprint density at radius 1 is 1.52 bits per heavy atom. The number of aliphatic hydroxyl groups is 1. The molecule has 1 saturated heterocycles. The molecule has 1 heterocycles. The van der Waals surface area contributed by atoms with E-state index >= 15 is 0 Å². The summed E-state index contributed by atoms with van der Waals surface area (Å²) in [4.78, 5) is 14.2. The summed E-state index contributed by atoms with van der Waals surface area (Å²) in [7, 11) is 0. The van der Waals surface area contributed by atoms with Crippen molar-refractivity contribution in [2.45, 2.75) is 25.6 Å². The standard InChI is InChI=1S/C14H18Cl2N2O3/c1-14(2)7-18(5-9(6-19)21-14)13(20)8-3-10(15)12(16)11(17)4-8/h3-4,9,19H,5-7,17H2,1-2H3. The minimum absolute atomic E-state index is 0.142. The lowest BCUT2D eigenvalue weighted by Crippen LogP contribution is -2.55. The average Bonchev–Trinajstić information content (AvgIpc) is 2.41. The molecule has 1 amide bonds. The van der Waals surface area contributed by atoms with E-state index in [0.717, 1.165) is 0 Å². The SMILES string of the molecule is CC1(C)CN(C(=O)c2cc(N)c(Cl)c(Cl)c2)CC(CO)O1. The second kappa shape index (κ2) is 6.01. The molecule has 1 fully saturated rings. The highest BCUT2D eigenvalue weighted by Gasteiger charge is 2.35. The van der Waals surface area contributed by atoms with Crippen molar-refractivity contribution in [2.24, 2.45) is 0 Å². The van der Waals surface area contributed by atoms with E-state index in [1.807, 2.05) is 13.8 Å². The molecular weight excluding hydrogens is 315 g/mol. The number of ether oxygens (including phenoxy) is 1. The molecule has 5 nitrogen and oxygen atoms in total. The molecule has 1 unspecified atom stereocenters. The first-order chi connectivity index (χ1) is 9.73. The van der Waals surface area contributed by atoms with E-state index in [-0.39, 0.29) is 28.2 Å². The van der Waals surface area contributed by atoms with Gasteiger partial charge >= 0.3 is 0 Å². The monoisotopic (exact) mass is 332 g/mol. The Morgan fingerprint density at radius 3 is 2.76 bits per heavy atom. The van der Waals surface area contributed by atoms with Gasteiger partial charge in [0.25, 0.3) is 5.91 Å². The second-order valence-corrected chi connectivity index (χ2v) is 6.51. The molecule has 0 saturated carbocycles. The largest absolute Gasteiger partial charge is 0.397 e. The fraction of sp³-hybridized carbons (Fsp3) is 0.500. The van der Waals surface area contributed by atoms with Crippen molar-refractivity contribution >= 4 is 34.8 Å². The van der Waals surface area contributed by atoms with Gasteiger partial charge in [-0.15, -0.1) is 0 Å². The minimum atomic E-state index is -0.525. The van der Waals surface area contributed by atoms with Crippen LogP contribution in [0.2, 0.25) is 10.0 Å².